The molecular formula is C17H19Cl2N5O2. The molecule has 1 saturated heterocycles. The lowest BCUT2D eigenvalue weighted by molar-refractivity contribution is 0.00183. The number of piperazine rings is 1. The quantitative estimate of drug-likeness (QED) is 0.749. The Hall–Kier alpha value is -1.93. The van der Waals surface area contributed by atoms with Gasteiger partial charge in [0.2, 0.25) is 0 Å². The zero-order chi connectivity index (χ0) is 18.5. The van der Waals surface area contributed by atoms with Gasteiger partial charge in [0.05, 0.1) is 6.54 Å². The van der Waals surface area contributed by atoms with Crippen LogP contribution in [-0.2, 0) is 0 Å². The summed E-state index contributed by atoms with van der Waals surface area (Å²) in [5, 5.41) is 14.1. The molecule has 1 aromatic heterocycles. The summed E-state index contributed by atoms with van der Waals surface area (Å²) in [4.78, 5) is 24.2. The van der Waals surface area contributed by atoms with Gasteiger partial charge in [0.25, 0.3) is 5.91 Å². The molecule has 1 aliphatic rings. The number of nitrogens with zero attached hydrogens (tertiary/aromatic N) is 4. The van der Waals surface area contributed by atoms with Crippen LogP contribution in [0, 0.1) is 0 Å². The first-order valence-electron chi connectivity index (χ1n) is 8.21. The number of rotatable bonds is 5. The van der Waals surface area contributed by atoms with E-state index in [1.165, 1.54) is 6.33 Å². The number of benzene rings is 1. The molecule has 1 fully saturated rings. The molecule has 3 rings (SSSR count). The Morgan fingerprint density at radius 2 is 1.85 bits per heavy atom. The molecule has 0 radical (unpaired) electrons. The smallest absolute Gasteiger partial charge is 0.251 e. The molecule has 0 spiro atoms. The van der Waals surface area contributed by atoms with Gasteiger partial charge >= 0.3 is 0 Å². The normalized spacial score (nSPS) is 16.3. The fourth-order valence-electron chi connectivity index (χ4n) is 2.76. The summed E-state index contributed by atoms with van der Waals surface area (Å²) in [6, 6.07) is 8.34. The van der Waals surface area contributed by atoms with Crippen LogP contribution in [-0.4, -0.2) is 64.8 Å². The first-order chi connectivity index (χ1) is 12.5. The van der Waals surface area contributed by atoms with E-state index in [0.29, 0.717) is 41.9 Å². The molecule has 0 saturated carbocycles. The summed E-state index contributed by atoms with van der Waals surface area (Å²) in [6.45, 7) is 2.87. The van der Waals surface area contributed by atoms with Gasteiger partial charge in [-0.3, -0.25) is 9.69 Å². The summed E-state index contributed by atoms with van der Waals surface area (Å²) < 4.78 is 0. The van der Waals surface area contributed by atoms with Crippen molar-refractivity contribution in [1.82, 2.24) is 20.2 Å². The largest absolute Gasteiger partial charge is 0.377 e. The van der Waals surface area contributed by atoms with E-state index < -0.39 is 6.23 Å². The van der Waals surface area contributed by atoms with E-state index in [1.807, 2.05) is 4.90 Å². The minimum Gasteiger partial charge on any atom is -0.377 e. The first kappa shape index (κ1) is 18.8. The third kappa shape index (κ3) is 4.82. The van der Waals surface area contributed by atoms with Crippen LogP contribution in [0.1, 0.15) is 10.4 Å². The molecule has 1 unspecified atom stereocenters. The minimum absolute atomic E-state index is 0.154. The number of carbonyl (C=O) groups is 1. The van der Waals surface area contributed by atoms with E-state index in [2.05, 4.69) is 20.2 Å². The lowest BCUT2D eigenvalue weighted by atomic mass is 10.2. The molecule has 0 aliphatic carbocycles. The number of halogens is 2. The number of carbonyl (C=O) groups excluding carboxylic acids is 1. The molecule has 2 aromatic rings. The number of hydrogen-bond donors (Lipinski definition) is 2. The Balaban J connectivity index is 1.47. The van der Waals surface area contributed by atoms with Crippen molar-refractivity contribution in [2.75, 3.05) is 37.6 Å². The van der Waals surface area contributed by atoms with Gasteiger partial charge < -0.3 is 15.3 Å². The van der Waals surface area contributed by atoms with Gasteiger partial charge in [0, 0.05) is 42.8 Å². The lowest BCUT2D eigenvalue weighted by Gasteiger charge is -2.37. The van der Waals surface area contributed by atoms with Gasteiger partial charge in [-0.1, -0.05) is 23.2 Å². The first-order valence-corrected chi connectivity index (χ1v) is 8.97. The van der Waals surface area contributed by atoms with Crippen molar-refractivity contribution in [3.05, 3.63) is 52.4 Å². The highest BCUT2D eigenvalue weighted by Gasteiger charge is 2.23. The Kier molecular flexibility index (Phi) is 6.26. The summed E-state index contributed by atoms with van der Waals surface area (Å²) in [5.41, 5.74) is 0.507. The third-order valence-corrected chi connectivity index (χ3v) is 4.69. The number of aromatic nitrogens is 2. The predicted molar refractivity (Wildman–Crippen MR) is 101 cm³/mol. The maximum Gasteiger partial charge on any atom is 0.251 e. The minimum atomic E-state index is -0.748. The van der Waals surface area contributed by atoms with E-state index in [1.54, 1.807) is 30.3 Å². The maximum absolute atomic E-state index is 12.1. The predicted octanol–water partition coefficient (Wildman–Crippen LogP) is 1.65. The zero-order valence-corrected chi connectivity index (χ0v) is 15.5. The topological polar surface area (TPSA) is 81.6 Å². The van der Waals surface area contributed by atoms with E-state index in [9.17, 15) is 9.90 Å². The van der Waals surface area contributed by atoms with Crippen LogP contribution >= 0.6 is 23.2 Å². The van der Waals surface area contributed by atoms with Crippen molar-refractivity contribution >= 4 is 34.9 Å². The van der Waals surface area contributed by atoms with E-state index in [4.69, 9.17) is 23.2 Å². The van der Waals surface area contributed by atoms with Gasteiger partial charge in [-0.05, 0) is 24.3 Å². The molecule has 1 atom stereocenters. The number of anilines is 1. The SMILES string of the molecule is O=C(NCC(O)N1CCN(c2cc(Cl)ncn2)CC1)c1ccc(Cl)cc1. The monoisotopic (exact) mass is 395 g/mol. The molecule has 0 bridgehead atoms. The van der Waals surface area contributed by atoms with Crippen LogP contribution in [0.4, 0.5) is 5.82 Å². The third-order valence-electron chi connectivity index (χ3n) is 4.23. The van der Waals surface area contributed by atoms with Crippen LogP contribution in [0.2, 0.25) is 10.2 Å². The van der Waals surface area contributed by atoms with E-state index >= 15 is 0 Å². The number of amides is 1. The van der Waals surface area contributed by atoms with Crippen molar-refractivity contribution < 1.29 is 9.90 Å². The summed E-state index contributed by atoms with van der Waals surface area (Å²) in [6.07, 6.45) is 0.688. The number of aliphatic hydroxyl groups excluding tert-OH is 1. The van der Waals surface area contributed by atoms with Crippen LogP contribution in [0.15, 0.2) is 36.7 Å². The Labute approximate surface area is 161 Å². The highest BCUT2D eigenvalue weighted by atomic mass is 35.5. The van der Waals surface area contributed by atoms with Gasteiger partial charge in [-0.2, -0.15) is 0 Å². The summed E-state index contributed by atoms with van der Waals surface area (Å²) in [7, 11) is 0. The molecule has 1 amide bonds. The molecule has 9 heteroatoms. The van der Waals surface area contributed by atoms with E-state index in [-0.39, 0.29) is 12.5 Å². The van der Waals surface area contributed by atoms with Crippen molar-refractivity contribution in [1.29, 1.82) is 0 Å². The van der Waals surface area contributed by atoms with Crippen LogP contribution in [0.3, 0.4) is 0 Å². The highest BCUT2D eigenvalue weighted by Crippen LogP contribution is 2.16. The number of hydrogen-bond acceptors (Lipinski definition) is 6. The van der Waals surface area contributed by atoms with Crippen molar-refractivity contribution in [3.8, 4) is 0 Å². The molecule has 1 aromatic carbocycles. The Morgan fingerprint density at radius 1 is 1.15 bits per heavy atom. The average Bonchev–Trinajstić information content (AvgIpc) is 2.66. The van der Waals surface area contributed by atoms with Gasteiger partial charge in [0.1, 0.15) is 23.5 Å². The van der Waals surface area contributed by atoms with Crippen LogP contribution < -0.4 is 10.2 Å². The molecule has 1 aliphatic heterocycles. The maximum atomic E-state index is 12.1. The molecule has 138 valence electrons. The summed E-state index contributed by atoms with van der Waals surface area (Å²) in [5.74, 6) is 0.533. The van der Waals surface area contributed by atoms with Gasteiger partial charge in [0.15, 0.2) is 0 Å². The van der Waals surface area contributed by atoms with Crippen molar-refractivity contribution in [2.24, 2.45) is 0 Å². The Bertz CT molecular complexity index is 751. The lowest BCUT2D eigenvalue weighted by Crippen LogP contribution is -2.53. The van der Waals surface area contributed by atoms with Crippen molar-refractivity contribution in [3.63, 3.8) is 0 Å². The fraction of sp³-hybridized carbons (Fsp3) is 0.353. The second-order valence-electron chi connectivity index (χ2n) is 5.92. The number of aliphatic hydroxyl groups is 1. The molecular weight excluding hydrogens is 377 g/mol. The number of nitrogens with one attached hydrogen (secondary N) is 1. The van der Waals surface area contributed by atoms with Gasteiger partial charge in [-0.15, -0.1) is 0 Å². The summed E-state index contributed by atoms with van der Waals surface area (Å²) >= 11 is 11.7. The Morgan fingerprint density at radius 3 is 2.50 bits per heavy atom. The zero-order valence-electron chi connectivity index (χ0n) is 14.0. The highest BCUT2D eigenvalue weighted by molar-refractivity contribution is 6.30. The standard InChI is InChI=1S/C17H19Cl2N5O2/c18-13-3-1-12(2-4-13)17(26)20-10-16(25)24-7-5-23(6-8-24)15-9-14(19)21-11-22-15/h1-4,9,11,16,25H,5-8,10H2,(H,20,26). The average molecular weight is 396 g/mol. The molecule has 7 nitrogen and oxygen atoms in total. The fourth-order valence-corrected chi connectivity index (χ4v) is 3.03. The van der Waals surface area contributed by atoms with Gasteiger partial charge in [-0.25, -0.2) is 9.97 Å². The molecule has 26 heavy (non-hydrogen) atoms. The second-order valence-corrected chi connectivity index (χ2v) is 6.74. The van der Waals surface area contributed by atoms with E-state index in [0.717, 1.165) is 5.82 Å². The van der Waals surface area contributed by atoms with Crippen LogP contribution in [0.25, 0.3) is 0 Å². The second kappa shape index (κ2) is 8.64. The molecule has 2 heterocycles. The van der Waals surface area contributed by atoms with Crippen molar-refractivity contribution in [2.45, 2.75) is 6.23 Å². The van der Waals surface area contributed by atoms with Crippen LogP contribution in [0.5, 0.6) is 0 Å². The molecule has 2 N–H and O–H groups in total.